The summed E-state index contributed by atoms with van der Waals surface area (Å²) in [5.74, 6) is 0.288. The summed E-state index contributed by atoms with van der Waals surface area (Å²) in [7, 11) is -0.686. The van der Waals surface area contributed by atoms with Crippen LogP contribution in [-0.4, -0.2) is 56.2 Å². The zero-order valence-electron chi connectivity index (χ0n) is 25.8. The normalized spacial score (nSPS) is 16.9. The molecule has 1 aliphatic rings. The van der Waals surface area contributed by atoms with E-state index in [4.69, 9.17) is 18.6 Å². The number of anilines is 1. The molecule has 0 saturated heterocycles. The maximum atomic E-state index is 14.3. The fraction of sp³-hybridized carbons (Fsp3) is 0.438. The van der Waals surface area contributed by atoms with Gasteiger partial charge in [-0.15, -0.1) is 0 Å². The van der Waals surface area contributed by atoms with E-state index in [1.54, 1.807) is 6.07 Å². The lowest BCUT2D eigenvalue weighted by atomic mass is 9.92. The van der Waals surface area contributed by atoms with Crippen molar-refractivity contribution in [1.82, 2.24) is 4.90 Å². The Labute approximate surface area is 250 Å². The van der Waals surface area contributed by atoms with Crippen LogP contribution in [-0.2, 0) is 15.8 Å². The first-order valence-electron chi connectivity index (χ1n) is 14.1. The summed E-state index contributed by atoms with van der Waals surface area (Å²) < 4.78 is 23.3. The molecule has 0 fully saturated rings. The van der Waals surface area contributed by atoms with Gasteiger partial charge in [0, 0.05) is 18.7 Å². The van der Waals surface area contributed by atoms with Gasteiger partial charge < -0.3 is 28.6 Å². The Kier molecular flexibility index (Phi) is 10.5. The standard InChI is InChI=1S/C32H44N2O7Si/c1-9-16-39-30(37)33-26-18-28(40-21-23-14-12-11-13-15-23)27(38-6)17-25(26)29(36)34-20-24(35)19-32(34,10-2)22-41-42(7,8)31(3,4)5/h9,11-15,17-18,20,35H,1,10,16,19,21-22H2,2-8H3,(H,33,37)/t32-/m0/s1. The van der Waals surface area contributed by atoms with Crippen molar-refractivity contribution in [3.8, 4) is 11.5 Å². The monoisotopic (exact) mass is 596 g/mol. The molecule has 0 bridgehead atoms. The van der Waals surface area contributed by atoms with Crippen molar-refractivity contribution in [3.05, 3.63) is 78.2 Å². The number of aliphatic hydroxyl groups excluding tert-OH is 1. The predicted molar refractivity (Wildman–Crippen MR) is 167 cm³/mol. The summed E-state index contributed by atoms with van der Waals surface area (Å²) in [6.07, 6.45) is 2.93. The number of methoxy groups -OCH3 is 1. The first-order valence-corrected chi connectivity index (χ1v) is 17.0. The minimum absolute atomic E-state index is 0.00486. The third-order valence-electron chi connectivity index (χ3n) is 8.02. The Morgan fingerprint density at radius 1 is 1.17 bits per heavy atom. The van der Waals surface area contributed by atoms with Crippen LogP contribution in [0.2, 0.25) is 18.1 Å². The number of aliphatic hydroxyl groups is 1. The molecule has 1 aliphatic heterocycles. The molecule has 1 atom stereocenters. The van der Waals surface area contributed by atoms with E-state index in [-0.39, 0.29) is 48.3 Å². The second-order valence-corrected chi connectivity index (χ2v) is 16.7. The van der Waals surface area contributed by atoms with Gasteiger partial charge >= 0.3 is 6.09 Å². The Morgan fingerprint density at radius 3 is 2.45 bits per heavy atom. The molecule has 2 N–H and O–H groups in total. The van der Waals surface area contributed by atoms with Crippen molar-refractivity contribution in [2.24, 2.45) is 0 Å². The number of ether oxygens (including phenoxy) is 3. The number of benzene rings is 2. The number of amides is 2. The zero-order chi connectivity index (χ0) is 31.1. The zero-order valence-corrected chi connectivity index (χ0v) is 26.8. The Hall–Kier alpha value is -3.76. The molecule has 228 valence electrons. The maximum absolute atomic E-state index is 14.3. The van der Waals surface area contributed by atoms with E-state index >= 15 is 0 Å². The number of nitrogens with zero attached hydrogens (tertiary/aromatic N) is 1. The average molecular weight is 597 g/mol. The van der Waals surface area contributed by atoms with Crippen LogP contribution in [0.5, 0.6) is 11.5 Å². The molecule has 9 nitrogen and oxygen atoms in total. The van der Waals surface area contributed by atoms with Crippen molar-refractivity contribution in [3.63, 3.8) is 0 Å². The van der Waals surface area contributed by atoms with Crippen LogP contribution in [0.25, 0.3) is 0 Å². The molecule has 0 unspecified atom stereocenters. The number of carbonyl (C=O) groups is 2. The fourth-order valence-electron chi connectivity index (χ4n) is 4.34. The van der Waals surface area contributed by atoms with Crippen LogP contribution in [0.4, 0.5) is 10.5 Å². The highest BCUT2D eigenvalue weighted by Gasteiger charge is 2.47. The van der Waals surface area contributed by atoms with Gasteiger partial charge in [-0.3, -0.25) is 10.1 Å². The van der Waals surface area contributed by atoms with Crippen molar-refractivity contribution >= 4 is 26.0 Å². The van der Waals surface area contributed by atoms with Crippen molar-refractivity contribution in [2.75, 3.05) is 25.6 Å². The highest BCUT2D eigenvalue weighted by Crippen LogP contribution is 2.42. The minimum atomic E-state index is -2.17. The van der Waals surface area contributed by atoms with E-state index in [0.717, 1.165) is 5.56 Å². The predicted octanol–water partition coefficient (Wildman–Crippen LogP) is 7.42. The van der Waals surface area contributed by atoms with Gasteiger partial charge in [0.2, 0.25) is 0 Å². The van der Waals surface area contributed by atoms with Crippen molar-refractivity contribution in [2.45, 2.75) is 70.8 Å². The minimum Gasteiger partial charge on any atom is -0.511 e. The van der Waals surface area contributed by atoms with E-state index in [2.05, 4.69) is 45.8 Å². The maximum Gasteiger partial charge on any atom is 0.411 e. The quantitative estimate of drug-likeness (QED) is 0.194. The van der Waals surface area contributed by atoms with Gasteiger partial charge in [-0.1, -0.05) is 70.7 Å². The number of hydrogen-bond acceptors (Lipinski definition) is 7. The number of carbonyl (C=O) groups excluding carboxylic acids is 2. The largest absolute Gasteiger partial charge is 0.511 e. The molecule has 1 heterocycles. The van der Waals surface area contributed by atoms with Crippen molar-refractivity contribution < 1.29 is 33.3 Å². The van der Waals surface area contributed by atoms with Gasteiger partial charge in [0.1, 0.15) is 19.0 Å². The third-order valence-corrected chi connectivity index (χ3v) is 12.5. The van der Waals surface area contributed by atoms with Crippen LogP contribution in [0.15, 0.2) is 67.1 Å². The Balaban J connectivity index is 2.02. The molecular weight excluding hydrogens is 552 g/mol. The molecule has 0 aliphatic carbocycles. The first kappa shape index (κ1) is 32.7. The topological polar surface area (TPSA) is 107 Å². The molecule has 2 amide bonds. The summed E-state index contributed by atoms with van der Waals surface area (Å²) in [4.78, 5) is 28.4. The van der Waals surface area contributed by atoms with Crippen LogP contribution in [0.3, 0.4) is 0 Å². The molecule has 42 heavy (non-hydrogen) atoms. The van der Waals surface area contributed by atoms with Crippen LogP contribution in [0.1, 0.15) is 56.5 Å². The molecule has 2 aromatic rings. The Bertz CT molecular complexity index is 1300. The molecule has 0 saturated carbocycles. The summed E-state index contributed by atoms with van der Waals surface area (Å²) in [6, 6.07) is 12.7. The summed E-state index contributed by atoms with van der Waals surface area (Å²) in [5, 5.41) is 13.3. The lowest BCUT2D eigenvalue weighted by Crippen LogP contribution is -2.53. The number of rotatable bonds is 12. The van der Waals surface area contributed by atoms with Gasteiger partial charge in [-0.2, -0.15) is 0 Å². The molecule has 0 spiro atoms. The molecule has 0 radical (unpaired) electrons. The molecule has 10 heteroatoms. The second kappa shape index (κ2) is 13.5. The Morgan fingerprint density at radius 2 is 1.86 bits per heavy atom. The molecule has 0 aromatic heterocycles. The summed E-state index contributed by atoms with van der Waals surface area (Å²) in [5.41, 5.74) is 0.442. The summed E-state index contributed by atoms with van der Waals surface area (Å²) >= 11 is 0. The lowest BCUT2D eigenvalue weighted by Gasteiger charge is -2.43. The van der Waals surface area contributed by atoms with Gasteiger partial charge in [0.25, 0.3) is 5.91 Å². The third kappa shape index (κ3) is 7.54. The SMILES string of the molecule is C=CCOC(=O)Nc1cc(OCc2ccccc2)c(OC)cc1C(=O)N1C=C(O)C[C@@]1(CC)CO[Si](C)(C)C(C)(C)C. The summed E-state index contributed by atoms with van der Waals surface area (Å²) in [6.45, 7) is 16.8. The van der Waals surface area contributed by atoms with E-state index in [0.29, 0.717) is 17.9 Å². The van der Waals surface area contributed by atoms with Crippen LogP contribution >= 0.6 is 0 Å². The highest BCUT2D eigenvalue weighted by molar-refractivity contribution is 6.74. The first-order chi connectivity index (χ1) is 19.8. The van der Waals surface area contributed by atoms with E-state index in [1.165, 1.54) is 30.4 Å². The molecular formula is C32H44N2O7Si. The lowest BCUT2D eigenvalue weighted by molar-refractivity contribution is 0.0491. The van der Waals surface area contributed by atoms with Crippen LogP contribution < -0.4 is 14.8 Å². The van der Waals surface area contributed by atoms with E-state index in [9.17, 15) is 14.7 Å². The smallest absolute Gasteiger partial charge is 0.411 e. The fourth-order valence-corrected chi connectivity index (χ4v) is 5.40. The average Bonchev–Trinajstić information content (AvgIpc) is 3.30. The van der Waals surface area contributed by atoms with Gasteiger partial charge in [0.15, 0.2) is 19.8 Å². The number of hydrogen-bond donors (Lipinski definition) is 2. The highest BCUT2D eigenvalue weighted by atomic mass is 28.4. The second-order valence-electron chi connectivity index (χ2n) is 11.9. The van der Waals surface area contributed by atoms with Crippen LogP contribution in [0, 0.1) is 0 Å². The molecule has 3 rings (SSSR count). The van der Waals surface area contributed by atoms with Crippen molar-refractivity contribution in [1.29, 1.82) is 0 Å². The van der Waals surface area contributed by atoms with Gasteiger partial charge in [0.05, 0.1) is 30.5 Å². The van der Waals surface area contributed by atoms with Gasteiger partial charge in [-0.05, 0) is 36.2 Å². The number of nitrogens with one attached hydrogen (secondary N) is 1. The molecule has 2 aromatic carbocycles. The van der Waals surface area contributed by atoms with E-state index < -0.39 is 25.9 Å². The van der Waals surface area contributed by atoms with Gasteiger partial charge in [-0.25, -0.2) is 4.79 Å². The van der Waals surface area contributed by atoms with E-state index in [1.807, 2.05) is 37.3 Å².